The molecule has 0 saturated heterocycles. The second-order valence-electron chi connectivity index (χ2n) is 4.24. The molecule has 22 heavy (non-hydrogen) atoms. The second kappa shape index (κ2) is 33.8. The van der Waals surface area contributed by atoms with Crippen LogP contribution >= 0.6 is 50.5 Å². The first-order valence-corrected chi connectivity index (χ1v) is 10.1. The molecule has 0 bridgehead atoms. The topological polar surface area (TPSA) is 52.7 Å². The average molecular weight is 394 g/mol. The van der Waals surface area contributed by atoms with E-state index in [4.69, 9.17) is 10.8 Å². The highest BCUT2D eigenvalue weighted by molar-refractivity contribution is 7.80. The summed E-state index contributed by atoms with van der Waals surface area (Å²) in [6, 6.07) is 0. The van der Waals surface area contributed by atoms with Crippen LogP contribution in [0.25, 0.3) is 0 Å². The van der Waals surface area contributed by atoms with Crippen LogP contribution in [0.2, 0.25) is 0 Å². The fourth-order valence-corrected chi connectivity index (χ4v) is 1.56. The predicted molar refractivity (Wildman–Crippen MR) is 118 cm³/mol. The summed E-state index contributed by atoms with van der Waals surface area (Å²) in [4.78, 5) is 4.46. The summed E-state index contributed by atoms with van der Waals surface area (Å²) < 4.78 is 0. The van der Waals surface area contributed by atoms with Crippen molar-refractivity contribution in [2.24, 2.45) is 5.73 Å². The summed E-state index contributed by atoms with van der Waals surface area (Å²) in [5, 5.41) is 7.80. The number of nitrogens with two attached hydrogens (primary N) is 1. The van der Waals surface area contributed by atoms with Crippen molar-refractivity contribution < 1.29 is 5.11 Å². The molecule has 0 heterocycles. The normalized spacial score (nSPS) is 9.27. The third-order valence-electron chi connectivity index (χ3n) is 2.09. The molecule has 0 saturated carbocycles. The number of nitrogens with zero attached hydrogens (tertiary/aromatic N) is 2. The van der Waals surface area contributed by atoms with Crippen LogP contribution in [0.3, 0.4) is 0 Å². The highest BCUT2D eigenvalue weighted by atomic mass is 32.1. The molecular weight excluding hydrogens is 354 g/mol. The second-order valence-corrected chi connectivity index (χ2v) is 6.03. The first-order valence-electron chi connectivity index (χ1n) is 7.56. The van der Waals surface area contributed by atoms with Crippen LogP contribution in [0.1, 0.15) is 13.8 Å². The van der Waals surface area contributed by atoms with E-state index < -0.39 is 0 Å². The van der Waals surface area contributed by atoms with E-state index in [0.29, 0.717) is 12.3 Å². The molecule has 4 nitrogen and oxygen atoms in total. The van der Waals surface area contributed by atoms with E-state index in [1.165, 1.54) is 0 Å². The van der Waals surface area contributed by atoms with E-state index in [9.17, 15) is 0 Å². The summed E-state index contributed by atoms with van der Waals surface area (Å²) >= 11 is 15.6. The van der Waals surface area contributed by atoms with Gasteiger partial charge >= 0.3 is 0 Å². The number of aliphatic hydroxyl groups is 1. The summed E-state index contributed by atoms with van der Waals surface area (Å²) in [5.41, 5.74) is 4.95. The smallest absolute Gasteiger partial charge is 0.0519 e. The van der Waals surface area contributed by atoms with Crippen molar-refractivity contribution in [3.05, 3.63) is 0 Å². The van der Waals surface area contributed by atoms with Crippen molar-refractivity contribution in [2.75, 3.05) is 76.4 Å². The van der Waals surface area contributed by atoms with Gasteiger partial charge in [0.2, 0.25) is 0 Å². The van der Waals surface area contributed by atoms with Crippen molar-refractivity contribution in [2.45, 2.75) is 13.8 Å². The fraction of sp³-hybridized carbons (Fsp3) is 1.00. The molecule has 8 heteroatoms. The van der Waals surface area contributed by atoms with E-state index >= 15 is 0 Å². The monoisotopic (exact) mass is 393 g/mol. The Morgan fingerprint density at radius 3 is 1.23 bits per heavy atom. The minimum atomic E-state index is 0.184. The molecule has 0 aliphatic rings. The molecule has 0 fully saturated rings. The lowest BCUT2D eigenvalue weighted by Gasteiger charge is -2.15. The Labute approximate surface area is 161 Å². The van der Waals surface area contributed by atoms with Crippen molar-refractivity contribution >= 4 is 50.5 Å². The minimum absolute atomic E-state index is 0.184. The molecule has 0 aromatic carbocycles. The van der Waals surface area contributed by atoms with Gasteiger partial charge in [0, 0.05) is 42.6 Å². The lowest BCUT2D eigenvalue weighted by molar-refractivity contribution is 0.323. The maximum Gasteiger partial charge on any atom is 0.0519 e. The first-order chi connectivity index (χ1) is 10.4. The number of rotatable bonds is 8. The molecular formula is C14H39N3OS4. The van der Waals surface area contributed by atoms with Crippen LogP contribution in [0.5, 0.6) is 0 Å². The predicted octanol–water partition coefficient (Wildman–Crippen LogP) is 1.52. The highest BCUT2D eigenvalue weighted by Gasteiger charge is 1.93. The van der Waals surface area contributed by atoms with Gasteiger partial charge in [0.05, 0.1) is 6.61 Å². The van der Waals surface area contributed by atoms with E-state index in [-0.39, 0.29) is 6.61 Å². The third-order valence-corrected chi connectivity index (χ3v) is 2.95. The van der Waals surface area contributed by atoms with Gasteiger partial charge in [0.1, 0.15) is 0 Å². The van der Waals surface area contributed by atoms with Gasteiger partial charge in [-0.2, -0.15) is 50.5 Å². The van der Waals surface area contributed by atoms with Crippen molar-refractivity contribution in [3.63, 3.8) is 0 Å². The van der Waals surface area contributed by atoms with Crippen LogP contribution in [0.4, 0.5) is 0 Å². The molecule has 0 aliphatic heterocycles. The van der Waals surface area contributed by atoms with Crippen LogP contribution in [0.15, 0.2) is 0 Å². The summed E-state index contributed by atoms with van der Waals surface area (Å²) in [6.07, 6.45) is 0. The van der Waals surface area contributed by atoms with Gasteiger partial charge in [-0.1, -0.05) is 13.8 Å². The third kappa shape index (κ3) is 49.6. The quantitative estimate of drug-likeness (QED) is 0.354. The molecule has 0 spiro atoms. The number of aliphatic hydroxyl groups excluding tert-OH is 1. The van der Waals surface area contributed by atoms with Gasteiger partial charge in [-0.15, -0.1) is 0 Å². The Morgan fingerprint density at radius 2 is 1.18 bits per heavy atom. The largest absolute Gasteiger partial charge is 0.396 e. The van der Waals surface area contributed by atoms with Gasteiger partial charge < -0.3 is 20.6 Å². The fourth-order valence-electron chi connectivity index (χ4n) is 0.881. The Balaban J connectivity index is -0.000000103. The standard InChI is InChI=1S/C6H15NS.C4H11NS.C2H7NS.C2H6OS/c1-3-7(4-2)5-6-8;1-5(2)3-4-6;2*3-1-2-4/h8H,3-6H2,1-2H3;6H,3-4H2,1-2H3;4H,1-3H2;3-4H,1-2H2. The van der Waals surface area contributed by atoms with Crippen LogP contribution in [0, 0.1) is 0 Å². The van der Waals surface area contributed by atoms with Gasteiger partial charge in [-0.25, -0.2) is 0 Å². The van der Waals surface area contributed by atoms with Crippen molar-refractivity contribution in [1.82, 2.24) is 9.80 Å². The van der Waals surface area contributed by atoms with E-state index in [2.05, 4.69) is 74.2 Å². The van der Waals surface area contributed by atoms with Gasteiger partial charge in [-0.05, 0) is 27.2 Å². The number of hydrogen-bond donors (Lipinski definition) is 6. The molecule has 0 atom stereocenters. The first kappa shape index (κ1) is 31.1. The van der Waals surface area contributed by atoms with Gasteiger partial charge in [-0.3, -0.25) is 0 Å². The van der Waals surface area contributed by atoms with Crippen molar-refractivity contribution in [1.29, 1.82) is 0 Å². The maximum absolute atomic E-state index is 7.80. The average Bonchev–Trinajstić information content (AvgIpc) is 2.53. The summed E-state index contributed by atoms with van der Waals surface area (Å²) in [6.45, 7) is 9.71. The molecule has 0 unspecified atom stereocenters. The van der Waals surface area contributed by atoms with Gasteiger partial charge in [0.25, 0.3) is 0 Å². The Kier molecular flexibility index (Phi) is 47.6. The zero-order chi connectivity index (χ0) is 18.2. The maximum atomic E-state index is 7.80. The van der Waals surface area contributed by atoms with E-state index in [1.807, 2.05) is 14.1 Å². The molecule has 140 valence electrons. The van der Waals surface area contributed by atoms with Crippen LogP contribution in [-0.4, -0.2) is 91.3 Å². The zero-order valence-electron chi connectivity index (χ0n) is 14.8. The summed E-state index contributed by atoms with van der Waals surface area (Å²) in [7, 11) is 4.08. The zero-order valence-corrected chi connectivity index (χ0v) is 18.4. The van der Waals surface area contributed by atoms with Gasteiger partial charge in [0.15, 0.2) is 0 Å². The summed E-state index contributed by atoms with van der Waals surface area (Å²) in [5.74, 6) is 3.29. The van der Waals surface area contributed by atoms with Crippen LogP contribution in [-0.2, 0) is 0 Å². The Morgan fingerprint density at radius 1 is 0.818 bits per heavy atom. The molecule has 0 amide bonds. The van der Waals surface area contributed by atoms with Crippen LogP contribution < -0.4 is 5.73 Å². The molecule has 0 radical (unpaired) electrons. The van der Waals surface area contributed by atoms with Crippen molar-refractivity contribution in [3.8, 4) is 0 Å². The molecule has 0 aromatic rings. The number of hydrogen-bond acceptors (Lipinski definition) is 8. The van der Waals surface area contributed by atoms with E-state index in [1.54, 1.807) is 0 Å². The molecule has 0 aromatic heterocycles. The molecule has 0 aliphatic carbocycles. The lowest BCUT2D eigenvalue weighted by atomic mass is 10.5. The number of thiol groups is 4. The highest BCUT2D eigenvalue weighted by Crippen LogP contribution is 1.86. The molecule has 3 N–H and O–H groups in total. The Bertz CT molecular complexity index is 146. The Hall–Kier alpha value is 1.24. The SMILES string of the molecule is CCN(CC)CCS.CN(C)CCS.NCCS.OCCS. The van der Waals surface area contributed by atoms with E-state index in [0.717, 1.165) is 43.4 Å². The minimum Gasteiger partial charge on any atom is -0.396 e. The lowest BCUT2D eigenvalue weighted by Crippen LogP contribution is -2.24. The molecule has 0 rings (SSSR count).